The van der Waals surface area contributed by atoms with Gasteiger partial charge in [0.05, 0.1) is 6.54 Å². The van der Waals surface area contributed by atoms with Crippen LogP contribution in [0.25, 0.3) is 0 Å². The lowest BCUT2D eigenvalue weighted by molar-refractivity contribution is 0.0921. The normalized spacial score (nSPS) is 16.8. The van der Waals surface area contributed by atoms with Gasteiger partial charge in [0.25, 0.3) is 0 Å². The maximum Gasteiger partial charge on any atom is 0.177 e. The molecule has 0 atom stereocenters. The smallest absolute Gasteiger partial charge is 0.177 e. The molecule has 0 radical (unpaired) electrons. The number of carbonyl (C=O) groups is 1. The van der Waals surface area contributed by atoms with Crippen LogP contribution < -0.4 is 5.32 Å². The largest absolute Gasteiger partial charge is 0.508 e. The van der Waals surface area contributed by atoms with Gasteiger partial charge in [-0.15, -0.1) is 0 Å². The quantitative estimate of drug-likeness (QED) is 0.786. The van der Waals surface area contributed by atoms with Gasteiger partial charge in [-0.05, 0) is 37.1 Å². The molecule has 4 nitrogen and oxygen atoms in total. The minimum absolute atomic E-state index is 0.137. The number of ketones is 1. The Bertz CT molecular complexity index is 451. The molecule has 1 aliphatic heterocycles. The summed E-state index contributed by atoms with van der Waals surface area (Å²) in [4.78, 5) is 14.4. The van der Waals surface area contributed by atoms with Crippen molar-refractivity contribution < 1.29 is 9.90 Å². The van der Waals surface area contributed by atoms with Crippen molar-refractivity contribution in [2.24, 2.45) is 0 Å². The van der Waals surface area contributed by atoms with E-state index in [-0.39, 0.29) is 11.5 Å². The molecule has 1 aromatic rings. The van der Waals surface area contributed by atoms with Crippen molar-refractivity contribution >= 4 is 5.78 Å². The van der Waals surface area contributed by atoms with Gasteiger partial charge in [0.2, 0.25) is 0 Å². The Morgan fingerprint density at radius 2 is 1.94 bits per heavy atom. The average molecular weight is 248 g/mol. The first-order valence-corrected chi connectivity index (χ1v) is 6.35. The van der Waals surface area contributed by atoms with Crippen molar-refractivity contribution in [1.29, 1.82) is 0 Å². The Labute approximate surface area is 108 Å². The topological polar surface area (TPSA) is 52.6 Å². The van der Waals surface area contributed by atoms with Crippen molar-refractivity contribution in [1.82, 2.24) is 10.2 Å². The number of nitrogens with zero attached hydrogens (tertiary/aromatic N) is 1. The Morgan fingerprint density at radius 3 is 2.61 bits per heavy atom. The molecule has 0 aromatic heterocycles. The number of piperazine rings is 1. The van der Waals surface area contributed by atoms with Crippen LogP contribution in [0.15, 0.2) is 12.1 Å². The molecule has 98 valence electrons. The van der Waals surface area contributed by atoms with Gasteiger partial charge < -0.3 is 10.4 Å². The van der Waals surface area contributed by atoms with E-state index in [0.29, 0.717) is 6.54 Å². The second-order valence-corrected chi connectivity index (χ2v) is 4.83. The maximum atomic E-state index is 12.3. The van der Waals surface area contributed by atoms with Gasteiger partial charge in [0.15, 0.2) is 5.78 Å². The van der Waals surface area contributed by atoms with E-state index in [1.165, 1.54) is 0 Å². The van der Waals surface area contributed by atoms with Gasteiger partial charge >= 0.3 is 0 Å². The highest BCUT2D eigenvalue weighted by molar-refractivity contribution is 5.99. The maximum absolute atomic E-state index is 12.3. The van der Waals surface area contributed by atoms with Crippen LogP contribution >= 0.6 is 0 Å². The van der Waals surface area contributed by atoms with E-state index >= 15 is 0 Å². The molecular formula is C14H20N2O2. The summed E-state index contributed by atoms with van der Waals surface area (Å²) in [7, 11) is 0. The minimum Gasteiger partial charge on any atom is -0.508 e. The molecule has 18 heavy (non-hydrogen) atoms. The molecule has 1 fully saturated rings. The number of rotatable bonds is 3. The van der Waals surface area contributed by atoms with Crippen molar-refractivity contribution in [2.75, 3.05) is 32.7 Å². The van der Waals surface area contributed by atoms with Crippen molar-refractivity contribution in [3.8, 4) is 5.75 Å². The first kappa shape index (κ1) is 13.1. The van der Waals surface area contributed by atoms with Gasteiger partial charge in [0, 0.05) is 31.7 Å². The number of Topliss-reactive ketones (excluding diaryl/α,β-unsaturated/α-hetero) is 1. The fourth-order valence-electron chi connectivity index (χ4n) is 2.27. The zero-order valence-electron chi connectivity index (χ0n) is 11.0. The number of carbonyl (C=O) groups excluding carboxylic acids is 1. The molecule has 1 saturated heterocycles. The molecule has 0 saturated carbocycles. The molecule has 0 spiro atoms. The zero-order valence-corrected chi connectivity index (χ0v) is 11.0. The van der Waals surface area contributed by atoms with E-state index in [0.717, 1.165) is 42.9 Å². The SMILES string of the molecule is Cc1c(O)ccc(C(=O)CN2CCNCC2)c1C. The summed E-state index contributed by atoms with van der Waals surface area (Å²) in [6.07, 6.45) is 0. The second-order valence-electron chi connectivity index (χ2n) is 4.83. The van der Waals surface area contributed by atoms with Crippen LogP contribution in [0.5, 0.6) is 5.75 Å². The molecule has 4 heteroatoms. The number of nitrogens with one attached hydrogen (secondary N) is 1. The number of aromatic hydroxyl groups is 1. The van der Waals surface area contributed by atoms with Crippen LogP contribution in [0.1, 0.15) is 21.5 Å². The highest BCUT2D eigenvalue weighted by atomic mass is 16.3. The van der Waals surface area contributed by atoms with E-state index in [9.17, 15) is 9.90 Å². The zero-order chi connectivity index (χ0) is 13.1. The summed E-state index contributed by atoms with van der Waals surface area (Å²) in [5.41, 5.74) is 2.40. The highest BCUT2D eigenvalue weighted by Crippen LogP contribution is 2.23. The van der Waals surface area contributed by atoms with E-state index in [1.54, 1.807) is 12.1 Å². The first-order chi connectivity index (χ1) is 8.59. The van der Waals surface area contributed by atoms with Gasteiger partial charge in [-0.1, -0.05) is 0 Å². The summed E-state index contributed by atoms with van der Waals surface area (Å²) in [6.45, 7) is 7.92. The molecular weight excluding hydrogens is 228 g/mol. The monoisotopic (exact) mass is 248 g/mol. The van der Waals surface area contributed by atoms with Crippen LogP contribution in [0, 0.1) is 13.8 Å². The van der Waals surface area contributed by atoms with E-state index in [2.05, 4.69) is 10.2 Å². The lowest BCUT2D eigenvalue weighted by atomic mass is 9.99. The highest BCUT2D eigenvalue weighted by Gasteiger charge is 2.17. The fraction of sp³-hybridized carbons (Fsp3) is 0.500. The Hall–Kier alpha value is -1.39. The molecule has 2 N–H and O–H groups in total. The predicted molar refractivity (Wildman–Crippen MR) is 71.2 cm³/mol. The Morgan fingerprint density at radius 1 is 1.28 bits per heavy atom. The summed E-state index contributed by atoms with van der Waals surface area (Å²) >= 11 is 0. The van der Waals surface area contributed by atoms with E-state index in [1.807, 2.05) is 13.8 Å². The van der Waals surface area contributed by atoms with Crippen LogP contribution in [0.2, 0.25) is 0 Å². The molecule has 2 rings (SSSR count). The fourth-order valence-corrected chi connectivity index (χ4v) is 2.27. The molecule has 0 aliphatic carbocycles. The third-order valence-electron chi connectivity index (χ3n) is 3.64. The first-order valence-electron chi connectivity index (χ1n) is 6.35. The lowest BCUT2D eigenvalue weighted by Gasteiger charge is -2.26. The molecule has 1 aromatic carbocycles. The Kier molecular flexibility index (Phi) is 3.99. The summed E-state index contributed by atoms with van der Waals surface area (Å²) in [6, 6.07) is 3.33. The number of phenolic OH excluding ortho intramolecular Hbond substituents is 1. The van der Waals surface area contributed by atoms with Crippen molar-refractivity contribution in [3.63, 3.8) is 0 Å². The average Bonchev–Trinajstić information content (AvgIpc) is 2.37. The standard InChI is InChI=1S/C14H20N2O2/c1-10-11(2)13(17)4-3-12(10)14(18)9-16-7-5-15-6-8-16/h3-4,15,17H,5-9H2,1-2H3. The van der Waals surface area contributed by atoms with Crippen molar-refractivity contribution in [3.05, 3.63) is 28.8 Å². The third-order valence-corrected chi connectivity index (χ3v) is 3.64. The number of phenols is 1. The van der Waals surface area contributed by atoms with E-state index in [4.69, 9.17) is 0 Å². The predicted octanol–water partition coefficient (Wildman–Crippen LogP) is 1.10. The van der Waals surface area contributed by atoms with Gasteiger partial charge in [-0.25, -0.2) is 0 Å². The minimum atomic E-state index is 0.137. The number of hydrogen-bond donors (Lipinski definition) is 2. The van der Waals surface area contributed by atoms with Crippen LogP contribution in [-0.4, -0.2) is 48.5 Å². The van der Waals surface area contributed by atoms with Crippen LogP contribution in [-0.2, 0) is 0 Å². The van der Waals surface area contributed by atoms with Crippen LogP contribution in [0.4, 0.5) is 0 Å². The summed E-state index contributed by atoms with van der Waals surface area (Å²) in [5, 5.41) is 12.9. The lowest BCUT2D eigenvalue weighted by Crippen LogP contribution is -2.45. The van der Waals surface area contributed by atoms with Gasteiger partial charge in [0.1, 0.15) is 5.75 Å². The molecule has 0 unspecified atom stereocenters. The van der Waals surface area contributed by atoms with Crippen LogP contribution in [0.3, 0.4) is 0 Å². The van der Waals surface area contributed by atoms with Gasteiger partial charge in [-0.2, -0.15) is 0 Å². The third kappa shape index (κ3) is 2.71. The molecule has 1 aliphatic rings. The molecule has 1 heterocycles. The second kappa shape index (κ2) is 5.50. The summed E-state index contributed by atoms with van der Waals surface area (Å²) in [5.74, 6) is 0.392. The van der Waals surface area contributed by atoms with Crippen molar-refractivity contribution in [2.45, 2.75) is 13.8 Å². The molecule has 0 bridgehead atoms. The van der Waals surface area contributed by atoms with E-state index < -0.39 is 0 Å². The summed E-state index contributed by atoms with van der Waals surface area (Å²) < 4.78 is 0. The number of benzene rings is 1. The number of hydrogen-bond acceptors (Lipinski definition) is 4. The Balaban J connectivity index is 2.11. The van der Waals surface area contributed by atoms with Gasteiger partial charge in [-0.3, -0.25) is 9.69 Å². The molecule has 0 amide bonds.